The molecule has 0 unspecified atom stereocenters. The topological polar surface area (TPSA) is 72.7 Å². The maximum absolute atomic E-state index is 13.8. The van der Waals surface area contributed by atoms with Gasteiger partial charge >= 0.3 is 0 Å². The maximum Gasteiger partial charge on any atom is 0.238 e. The Morgan fingerprint density at radius 3 is 2.78 bits per heavy atom. The van der Waals surface area contributed by atoms with E-state index in [1.165, 1.54) is 17.8 Å². The molecule has 9 heteroatoms. The number of nitrogens with zero attached hydrogens (tertiary/aromatic N) is 4. The number of pyridine rings is 1. The Morgan fingerprint density at radius 1 is 1.30 bits per heavy atom. The van der Waals surface area contributed by atoms with Crippen LogP contribution in [0.4, 0.5) is 14.5 Å². The summed E-state index contributed by atoms with van der Waals surface area (Å²) < 4.78 is 28.5. The lowest BCUT2D eigenvalue weighted by Gasteiger charge is -2.14. The van der Waals surface area contributed by atoms with Crippen LogP contribution in [0.3, 0.4) is 0 Å². The minimum atomic E-state index is -0.819. The average Bonchev–Trinajstić information content (AvgIpc) is 3.03. The van der Waals surface area contributed by atoms with E-state index in [2.05, 4.69) is 20.5 Å². The normalized spacial score (nSPS) is 12.0. The van der Waals surface area contributed by atoms with Crippen LogP contribution < -0.4 is 5.32 Å². The molecule has 1 amide bonds. The van der Waals surface area contributed by atoms with Gasteiger partial charge in [-0.1, -0.05) is 18.7 Å². The number of carbonyl (C=O) groups excluding carboxylic acids is 1. The van der Waals surface area contributed by atoms with E-state index in [9.17, 15) is 13.6 Å². The summed E-state index contributed by atoms with van der Waals surface area (Å²) in [5, 5.41) is 10.8. The molecule has 0 saturated heterocycles. The first kappa shape index (κ1) is 19.0. The minimum absolute atomic E-state index is 0.0607. The standard InChI is InChI=1S/C18H17F2N5OS/c1-3-15(17(26)22-14-7-6-12(19)9-13(14)20)27-18-24-23-16(25(18)2)11-5-4-8-21-10-11/h4-10,15H,3H2,1-2H3,(H,22,26)/t15-/m0/s1. The summed E-state index contributed by atoms with van der Waals surface area (Å²) in [5.41, 5.74) is 0.750. The molecule has 0 radical (unpaired) electrons. The second-order valence-electron chi connectivity index (χ2n) is 5.74. The van der Waals surface area contributed by atoms with Crippen molar-refractivity contribution in [2.45, 2.75) is 23.8 Å². The second kappa shape index (κ2) is 8.26. The average molecular weight is 389 g/mol. The van der Waals surface area contributed by atoms with Gasteiger partial charge in [-0.05, 0) is 30.7 Å². The van der Waals surface area contributed by atoms with Crippen molar-refractivity contribution in [3.05, 3.63) is 54.4 Å². The van der Waals surface area contributed by atoms with Crippen LogP contribution in [0.5, 0.6) is 0 Å². The molecule has 3 aromatic rings. The largest absolute Gasteiger partial charge is 0.323 e. The molecule has 0 saturated carbocycles. The number of aromatic nitrogens is 4. The zero-order valence-electron chi connectivity index (χ0n) is 14.7. The quantitative estimate of drug-likeness (QED) is 0.652. The van der Waals surface area contributed by atoms with E-state index >= 15 is 0 Å². The maximum atomic E-state index is 13.8. The molecule has 0 aliphatic rings. The van der Waals surface area contributed by atoms with Crippen molar-refractivity contribution in [1.82, 2.24) is 19.7 Å². The fourth-order valence-electron chi connectivity index (χ4n) is 2.42. The molecule has 27 heavy (non-hydrogen) atoms. The van der Waals surface area contributed by atoms with E-state index in [-0.39, 0.29) is 11.6 Å². The first-order valence-electron chi connectivity index (χ1n) is 8.22. The van der Waals surface area contributed by atoms with Crippen LogP contribution in [0.25, 0.3) is 11.4 Å². The summed E-state index contributed by atoms with van der Waals surface area (Å²) in [7, 11) is 1.80. The van der Waals surface area contributed by atoms with Gasteiger partial charge in [-0.2, -0.15) is 0 Å². The van der Waals surface area contributed by atoms with Gasteiger partial charge in [-0.15, -0.1) is 10.2 Å². The molecular formula is C18H17F2N5OS. The predicted molar refractivity (Wildman–Crippen MR) is 99.2 cm³/mol. The SMILES string of the molecule is CC[C@H](Sc1nnc(-c2cccnc2)n1C)C(=O)Nc1ccc(F)cc1F. The Labute approximate surface area is 159 Å². The molecule has 6 nitrogen and oxygen atoms in total. The lowest BCUT2D eigenvalue weighted by Crippen LogP contribution is -2.25. The zero-order chi connectivity index (χ0) is 19.4. The van der Waals surface area contributed by atoms with Gasteiger partial charge in [0.25, 0.3) is 0 Å². The summed E-state index contributed by atoms with van der Waals surface area (Å²) in [4.78, 5) is 16.6. The van der Waals surface area contributed by atoms with Crippen molar-refractivity contribution in [3.63, 3.8) is 0 Å². The fourth-order valence-corrected chi connectivity index (χ4v) is 3.34. The number of hydrogen-bond donors (Lipinski definition) is 1. The van der Waals surface area contributed by atoms with Crippen molar-refractivity contribution in [1.29, 1.82) is 0 Å². The smallest absolute Gasteiger partial charge is 0.238 e. The monoisotopic (exact) mass is 389 g/mol. The highest BCUT2D eigenvalue weighted by Gasteiger charge is 2.23. The first-order chi connectivity index (χ1) is 13.0. The highest BCUT2D eigenvalue weighted by molar-refractivity contribution is 8.00. The Balaban J connectivity index is 1.75. The second-order valence-corrected chi connectivity index (χ2v) is 6.90. The van der Waals surface area contributed by atoms with Crippen molar-refractivity contribution in [2.24, 2.45) is 7.05 Å². The Kier molecular flexibility index (Phi) is 5.80. The lowest BCUT2D eigenvalue weighted by molar-refractivity contribution is -0.115. The van der Waals surface area contributed by atoms with Crippen LogP contribution in [0.2, 0.25) is 0 Å². The summed E-state index contributed by atoms with van der Waals surface area (Å²) >= 11 is 1.23. The lowest BCUT2D eigenvalue weighted by atomic mass is 10.2. The van der Waals surface area contributed by atoms with E-state index < -0.39 is 16.9 Å². The van der Waals surface area contributed by atoms with E-state index in [0.717, 1.165) is 17.7 Å². The molecule has 2 aromatic heterocycles. The van der Waals surface area contributed by atoms with Gasteiger partial charge < -0.3 is 9.88 Å². The van der Waals surface area contributed by atoms with Crippen molar-refractivity contribution in [3.8, 4) is 11.4 Å². The molecule has 0 bridgehead atoms. The third-order valence-corrected chi connectivity index (χ3v) is 5.25. The van der Waals surface area contributed by atoms with E-state index in [0.29, 0.717) is 17.4 Å². The number of nitrogens with one attached hydrogen (secondary N) is 1. The Morgan fingerprint density at radius 2 is 2.11 bits per heavy atom. The van der Waals surface area contributed by atoms with E-state index in [4.69, 9.17) is 0 Å². The molecule has 2 heterocycles. The summed E-state index contributed by atoms with van der Waals surface area (Å²) in [5.74, 6) is -1.28. The molecule has 0 spiro atoms. The number of amides is 1. The molecule has 140 valence electrons. The van der Waals surface area contributed by atoms with Gasteiger partial charge in [0.2, 0.25) is 5.91 Å². The van der Waals surface area contributed by atoms with Crippen LogP contribution in [-0.4, -0.2) is 30.9 Å². The van der Waals surface area contributed by atoms with Crippen molar-refractivity contribution >= 4 is 23.4 Å². The molecule has 3 rings (SSSR count). The number of rotatable bonds is 6. The van der Waals surface area contributed by atoms with Crippen LogP contribution in [-0.2, 0) is 11.8 Å². The summed E-state index contributed by atoms with van der Waals surface area (Å²) in [6.07, 6.45) is 3.84. The first-order valence-corrected chi connectivity index (χ1v) is 9.10. The van der Waals surface area contributed by atoms with Crippen LogP contribution >= 0.6 is 11.8 Å². The number of benzene rings is 1. The third kappa shape index (κ3) is 4.30. The summed E-state index contributed by atoms with van der Waals surface area (Å²) in [6.45, 7) is 1.84. The Hall–Kier alpha value is -2.81. The van der Waals surface area contributed by atoms with Gasteiger partial charge in [0, 0.05) is 31.1 Å². The van der Waals surface area contributed by atoms with Gasteiger partial charge in [0.05, 0.1) is 10.9 Å². The Bertz CT molecular complexity index is 948. The molecule has 0 aliphatic heterocycles. The zero-order valence-corrected chi connectivity index (χ0v) is 15.5. The van der Waals surface area contributed by atoms with Crippen LogP contribution in [0, 0.1) is 11.6 Å². The highest BCUT2D eigenvalue weighted by Crippen LogP contribution is 2.28. The molecule has 0 aliphatic carbocycles. The number of anilines is 1. The minimum Gasteiger partial charge on any atom is -0.323 e. The number of carbonyl (C=O) groups is 1. The van der Waals surface area contributed by atoms with Crippen LogP contribution in [0.15, 0.2) is 47.9 Å². The van der Waals surface area contributed by atoms with Gasteiger partial charge in [-0.3, -0.25) is 9.78 Å². The van der Waals surface area contributed by atoms with Crippen molar-refractivity contribution in [2.75, 3.05) is 5.32 Å². The number of thioether (sulfide) groups is 1. The van der Waals surface area contributed by atoms with Gasteiger partial charge in [0.15, 0.2) is 11.0 Å². The molecular weight excluding hydrogens is 372 g/mol. The number of halogens is 2. The number of hydrogen-bond acceptors (Lipinski definition) is 5. The third-order valence-electron chi connectivity index (χ3n) is 3.85. The molecule has 1 atom stereocenters. The molecule has 1 aromatic carbocycles. The van der Waals surface area contributed by atoms with E-state index in [1.54, 1.807) is 30.1 Å². The summed E-state index contributed by atoms with van der Waals surface area (Å²) in [6, 6.07) is 6.69. The van der Waals surface area contributed by atoms with Crippen LogP contribution in [0.1, 0.15) is 13.3 Å². The highest BCUT2D eigenvalue weighted by atomic mass is 32.2. The molecule has 1 N–H and O–H groups in total. The van der Waals surface area contributed by atoms with E-state index in [1.807, 2.05) is 13.0 Å². The van der Waals surface area contributed by atoms with Gasteiger partial charge in [0.1, 0.15) is 11.6 Å². The predicted octanol–water partition coefficient (Wildman–Crippen LogP) is 3.66. The van der Waals surface area contributed by atoms with Crippen molar-refractivity contribution < 1.29 is 13.6 Å². The molecule has 0 fully saturated rings. The van der Waals surface area contributed by atoms with Gasteiger partial charge in [-0.25, -0.2) is 8.78 Å². The fraction of sp³-hybridized carbons (Fsp3) is 0.222.